The highest BCUT2D eigenvalue weighted by Crippen LogP contribution is 2.36. The van der Waals surface area contributed by atoms with Gasteiger partial charge in [0.15, 0.2) is 0 Å². The maximum atomic E-state index is 12.8. The van der Waals surface area contributed by atoms with Crippen molar-refractivity contribution in [3.63, 3.8) is 0 Å². The number of esters is 1. The van der Waals surface area contributed by atoms with Gasteiger partial charge in [-0.25, -0.2) is 4.79 Å². The summed E-state index contributed by atoms with van der Waals surface area (Å²) in [7, 11) is 0. The Labute approximate surface area is 179 Å². The van der Waals surface area contributed by atoms with Crippen LogP contribution in [0, 0.1) is 0 Å². The third-order valence-electron chi connectivity index (χ3n) is 5.71. The number of hydrogen-bond donors (Lipinski definition) is 0. The molecule has 0 aliphatic carbocycles. The van der Waals surface area contributed by atoms with Gasteiger partial charge in [-0.15, -0.1) is 0 Å². The molecule has 0 N–H and O–H groups in total. The SMILES string of the molecule is C=C(C(=O)OC(CC)(CC)CCOc1c2ccccc2cc2ccccc12)C(F)(F)F. The fourth-order valence-corrected chi connectivity index (χ4v) is 3.64. The van der Waals surface area contributed by atoms with Crippen LogP contribution in [-0.2, 0) is 9.53 Å². The van der Waals surface area contributed by atoms with Crippen LogP contribution in [0.15, 0.2) is 66.7 Å². The standard InChI is InChI=1S/C25H25F3O3/c1-4-24(5-2,31-23(29)17(3)25(26,27)28)14-15-30-22-20-12-8-6-10-18(20)16-19-11-7-9-13-21(19)22/h6-13,16H,3-5,14-15H2,1-2H3. The van der Waals surface area contributed by atoms with E-state index in [-0.39, 0.29) is 13.0 Å². The largest absolute Gasteiger partial charge is 0.492 e. The summed E-state index contributed by atoms with van der Waals surface area (Å²) in [5.41, 5.74) is -2.56. The summed E-state index contributed by atoms with van der Waals surface area (Å²) >= 11 is 0. The summed E-state index contributed by atoms with van der Waals surface area (Å²) in [4.78, 5) is 12.0. The molecule has 0 aliphatic heterocycles. The van der Waals surface area contributed by atoms with Gasteiger partial charge in [0, 0.05) is 17.2 Å². The second kappa shape index (κ2) is 9.00. The van der Waals surface area contributed by atoms with Crippen molar-refractivity contribution in [1.82, 2.24) is 0 Å². The van der Waals surface area contributed by atoms with Gasteiger partial charge in [0.2, 0.25) is 0 Å². The fourth-order valence-electron chi connectivity index (χ4n) is 3.64. The van der Waals surface area contributed by atoms with Crippen LogP contribution in [0.5, 0.6) is 5.75 Å². The lowest BCUT2D eigenvalue weighted by molar-refractivity contribution is -0.167. The number of carbonyl (C=O) groups excluding carboxylic acids is 1. The van der Waals surface area contributed by atoms with E-state index in [2.05, 4.69) is 12.6 Å². The molecule has 3 aromatic carbocycles. The van der Waals surface area contributed by atoms with Crippen LogP contribution in [0.2, 0.25) is 0 Å². The van der Waals surface area contributed by atoms with Crippen LogP contribution in [0.4, 0.5) is 13.2 Å². The van der Waals surface area contributed by atoms with Crippen LogP contribution >= 0.6 is 0 Å². The zero-order valence-corrected chi connectivity index (χ0v) is 17.6. The van der Waals surface area contributed by atoms with Crippen LogP contribution in [0.3, 0.4) is 0 Å². The zero-order chi connectivity index (χ0) is 22.6. The monoisotopic (exact) mass is 430 g/mol. The molecule has 6 heteroatoms. The third-order valence-corrected chi connectivity index (χ3v) is 5.71. The normalized spacial score (nSPS) is 12.2. The summed E-state index contributed by atoms with van der Waals surface area (Å²) in [6.07, 6.45) is -3.84. The Bertz CT molecular complexity index is 1040. The number of alkyl halides is 3. The van der Waals surface area contributed by atoms with Gasteiger partial charge in [0.25, 0.3) is 0 Å². The van der Waals surface area contributed by atoms with Gasteiger partial charge in [0.1, 0.15) is 16.9 Å². The maximum Gasteiger partial charge on any atom is 0.422 e. The van der Waals surface area contributed by atoms with Crippen LogP contribution < -0.4 is 4.74 Å². The van der Waals surface area contributed by atoms with Crippen molar-refractivity contribution in [3.8, 4) is 5.75 Å². The second-order valence-corrected chi connectivity index (χ2v) is 7.50. The van der Waals surface area contributed by atoms with Crippen LogP contribution in [0.25, 0.3) is 21.5 Å². The van der Waals surface area contributed by atoms with E-state index in [0.29, 0.717) is 18.6 Å². The highest BCUT2D eigenvalue weighted by Gasteiger charge is 2.41. The van der Waals surface area contributed by atoms with Gasteiger partial charge < -0.3 is 9.47 Å². The molecule has 0 aromatic heterocycles. The lowest BCUT2D eigenvalue weighted by atomic mass is 9.93. The van der Waals surface area contributed by atoms with E-state index in [1.807, 2.05) is 48.5 Å². The smallest absolute Gasteiger partial charge is 0.422 e. The van der Waals surface area contributed by atoms with Gasteiger partial charge in [0.05, 0.1) is 6.61 Å². The highest BCUT2D eigenvalue weighted by molar-refractivity contribution is 6.05. The Morgan fingerprint density at radius 1 is 0.935 bits per heavy atom. The van der Waals surface area contributed by atoms with E-state index in [4.69, 9.17) is 9.47 Å². The number of rotatable bonds is 8. The molecule has 0 atom stereocenters. The first-order chi connectivity index (χ1) is 14.7. The first kappa shape index (κ1) is 22.7. The van der Waals surface area contributed by atoms with Gasteiger partial charge in [-0.3, -0.25) is 0 Å². The molecule has 0 amide bonds. The van der Waals surface area contributed by atoms with E-state index in [1.54, 1.807) is 13.8 Å². The molecule has 0 aliphatic rings. The summed E-state index contributed by atoms with van der Waals surface area (Å²) in [5, 5.41) is 3.95. The predicted octanol–water partition coefficient (Wildman–Crippen LogP) is 6.98. The first-order valence-electron chi connectivity index (χ1n) is 10.2. The van der Waals surface area contributed by atoms with E-state index in [9.17, 15) is 18.0 Å². The zero-order valence-electron chi connectivity index (χ0n) is 17.6. The lowest BCUT2D eigenvalue weighted by Crippen LogP contribution is -2.37. The predicted molar refractivity (Wildman–Crippen MR) is 116 cm³/mol. The molecule has 0 unspecified atom stereocenters. The molecule has 0 fully saturated rings. The quantitative estimate of drug-likeness (QED) is 0.220. The van der Waals surface area contributed by atoms with Gasteiger partial charge in [-0.05, 0) is 29.7 Å². The second-order valence-electron chi connectivity index (χ2n) is 7.50. The molecule has 0 radical (unpaired) electrons. The van der Waals surface area contributed by atoms with E-state index in [1.165, 1.54) is 0 Å². The van der Waals surface area contributed by atoms with Crippen molar-refractivity contribution in [2.75, 3.05) is 6.61 Å². The maximum absolute atomic E-state index is 12.8. The van der Waals surface area contributed by atoms with E-state index < -0.39 is 23.3 Å². The minimum absolute atomic E-state index is 0.186. The van der Waals surface area contributed by atoms with Crippen molar-refractivity contribution in [2.45, 2.75) is 44.9 Å². The first-order valence-corrected chi connectivity index (χ1v) is 10.2. The Kier molecular flexibility index (Phi) is 6.58. The number of halogens is 3. The Morgan fingerprint density at radius 2 is 1.45 bits per heavy atom. The molecule has 0 saturated carbocycles. The summed E-state index contributed by atoms with van der Waals surface area (Å²) in [5.74, 6) is -0.729. The van der Waals surface area contributed by atoms with E-state index >= 15 is 0 Å². The number of hydrogen-bond acceptors (Lipinski definition) is 3. The van der Waals surface area contributed by atoms with Crippen molar-refractivity contribution < 1.29 is 27.4 Å². The molecule has 0 saturated heterocycles. The lowest BCUT2D eigenvalue weighted by Gasteiger charge is -2.32. The average molecular weight is 430 g/mol. The Morgan fingerprint density at radius 3 is 1.94 bits per heavy atom. The number of benzene rings is 3. The topological polar surface area (TPSA) is 35.5 Å². The number of carbonyl (C=O) groups is 1. The minimum Gasteiger partial charge on any atom is -0.492 e. The molecule has 3 aromatic rings. The summed E-state index contributed by atoms with van der Waals surface area (Å²) in [6, 6.07) is 17.8. The fraction of sp³-hybridized carbons (Fsp3) is 0.320. The van der Waals surface area contributed by atoms with Crippen LogP contribution in [-0.4, -0.2) is 24.4 Å². The summed E-state index contributed by atoms with van der Waals surface area (Å²) < 4.78 is 49.9. The molecule has 164 valence electrons. The van der Waals surface area contributed by atoms with Gasteiger partial charge >= 0.3 is 12.1 Å². The van der Waals surface area contributed by atoms with E-state index in [0.717, 1.165) is 21.5 Å². The molecule has 0 bridgehead atoms. The third kappa shape index (κ3) is 4.84. The molecule has 3 nitrogen and oxygen atoms in total. The Hall–Kier alpha value is -3.02. The van der Waals surface area contributed by atoms with Crippen molar-refractivity contribution in [2.24, 2.45) is 0 Å². The molecule has 31 heavy (non-hydrogen) atoms. The van der Waals surface area contributed by atoms with Crippen molar-refractivity contribution in [1.29, 1.82) is 0 Å². The summed E-state index contributed by atoms with van der Waals surface area (Å²) in [6.45, 7) is 6.59. The van der Waals surface area contributed by atoms with Crippen LogP contribution in [0.1, 0.15) is 33.1 Å². The average Bonchev–Trinajstić information content (AvgIpc) is 2.76. The van der Waals surface area contributed by atoms with Crippen molar-refractivity contribution >= 4 is 27.5 Å². The minimum atomic E-state index is -4.82. The molecular weight excluding hydrogens is 405 g/mol. The molecule has 3 rings (SSSR count). The van der Waals surface area contributed by atoms with Gasteiger partial charge in [-0.2, -0.15) is 13.2 Å². The number of fused-ring (bicyclic) bond motifs is 2. The molecule has 0 heterocycles. The highest BCUT2D eigenvalue weighted by atomic mass is 19.4. The van der Waals surface area contributed by atoms with Gasteiger partial charge in [-0.1, -0.05) is 69.0 Å². The van der Waals surface area contributed by atoms with Crippen molar-refractivity contribution in [3.05, 3.63) is 66.7 Å². The number of ether oxygens (including phenoxy) is 2. The molecule has 0 spiro atoms. The Balaban J connectivity index is 1.83. The molecular formula is C25H25F3O3.